The molecule has 1 unspecified atom stereocenters. The predicted octanol–water partition coefficient (Wildman–Crippen LogP) is 6.89. The number of aromatic nitrogens is 1. The van der Waals surface area contributed by atoms with Crippen molar-refractivity contribution in [3.63, 3.8) is 0 Å². The summed E-state index contributed by atoms with van der Waals surface area (Å²) in [6.07, 6.45) is 1.90. The van der Waals surface area contributed by atoms with Crippen molar-refractivity contribution in [3.8, 4) is 11.1 Å². The van der Waals surface area contributed by atoms with Gasteiger partial charge < -0.3 is 10.3 Å². The third-order valence-corrected chi connectivity index (χ3v) is 6.09. The van der Waals surface area contributed by atoms with Gasteiger partial charge in [0, 0.05) is 28.9 Å². The molecular formula is C28H21ClF2N2O3. The Morgan fingerprint density at radius 3 is 2.31 bits per heavy atom. The molecule has 4 rings (SSSR count). The normalized spacial score (nSPS) is 12.4. The number of carboxylic acids is 1. The Morgan fingerprint density at radius 2 is 1.69 bits per heavy atom. The van der Waals surface area contributed by atoms with Gasteiger partial charge >= 0.3 is 5.97 Å². The molecule has 5 nitrogen and oxygen atoms in total. The first kappa shape index (κ1) is 25.0. The first-order valence-corrected chi connectivity index (χ1v) is 11.3. The number of pyridine rings is 1. The SMILES string of the molecule is Cc1cc(C/C(=N\O)C(c2ccc(-c3ccc(C(=O)O)c(F)c3)cc2)c2ccc(Cl)cc2F)ccn1. The van der Waals surface area contributed by atoms with E-state index in [1.54, 1.807) is 48.7 Å². The smallest absolute Gasteiger partial charge is 0.338 e. The van der Waals surface area contributed by atoms with Gasteiger partial charge in [-0.15, -0.1) is 0 Å². The molecule has 182 valence electrons. The van der Waals surface area contributed by atoms with Gasteiger partial charge in [-0.1, -0.05) is 53.2 Å². The van der Waals surface area contributed by atoms with Gasteiger partial charge in [-0.25, -0.2) is 13.6 Å². The van der Waals surface area contributed by atoms with Crippen LogP contribution in [0.5, 0.6) is 0 Å². The summed E-state index contributed by atoms with van der Waals surface area (Å²) in [5, 5.41) is 22.8. The van der Waals surface area contributed by atoms with E-state index < -0.39 is 29.1 Å². The molecular weight excluding hydrogens is 486 g/mol. The number of rotatable bonds is 7. The van der Waals surface area contributed by atoms with Crippen molar-refractivity contribution >= 4 is 23.3 Å². The molecule has 0 spiro atoms. The number of oxime groups is 1. The Hall–Kier alpha value is -4.10. The Balaban J connectivity index is 1.75. The van der Waals surface area contributed by atoms with Crippen LogP contribution in [-0.4, -0.2) is 27.0 Å². The fourth-order valence-electron chi connectivity index (χ4n) is 4.14. The second-order valence-corrected chi connectivity index (χ2v) is 8.73. The minimum atomic E-state index is -1.34. The molecule has 0 radical (unpaired) electrons. The summed E-state index contributed by atoms with van der Waals surface area (Å²) in [4.78, 5) is 15.3. The molecule has 36 heavy (non-hydrogen) atoms. The van der Waals surface area contributed by atoms with Crippen molar-refractivity contribution in [2.75, 3.05) is 0 Å². The van der Waals surface area contributed by atoms with Crippen LogP contribution < -0.4 is 0 Å². The van der Waals surface area contributed by atoms with Crippen LogP contribution in [0.4, 0.5) is 8.78 Å². The zero-order valence-electron chi connectivity index (χ0n) is 19.1. The van der Waals surface area contributed by atoms with E-state index in [4.69, 9.17) is 16.7 Å². The predicted molar refractivity (Wildman–Crippen MR) is 134 cm³/mol. The van der Waals surface area contributed by atoms with Gasteiger partial charge in [0.15, 0.2) is 0 Å². The Bertz CT molecular complexity index is 1460. The summed E-state index contributed by atoms with van der Waals surface area (Å²) in [6, 6.07) is 18.8. The van der Waals surface area contributed by atoms with E-state index in [1.165, 1.54) is 18.2 Å². The van der Waals surface area contributed by atoms with Gasteiger partial charge in [0.1, 0.15) is 11.6 Å². The zero-order valence-corrected chi connectivity index (χ0v) is 19.9. The summed E-state index contributed by atoms with van der Waals surface area (Å²) < 4.78 is 29.3. The second kappa shape index (κ2) is 10.7. The summed E-state index contributed by atoms with van der Waals surface area (Å²) in [5.41, 5.74) is 3.59. The van der Waals surface area contributed by atoms with Crippen LogP contribution in [0.15, 0.2) is 84.1 Å². The van der Waals surface area contributed by atoms with Gasteiger partial charge in [-0.3, -0.25) is 4.98 Å². The van der Waals surface area contributed by atoms with Crippen LogP contribution in [0, 0.1) is 18.6 Å². The lowest BCUT2D eigenvalue weighted by Crippen LogP contribution is -2.18. The Labute approximate surface area is 211 Å². The van der Waals surface area contributed by atoms with Crippen LogP contribution in [0.25, 0.3) is 11.1 Å². The number of benzene rings is 3. The van der Waals surface area contributed by atoms with E-state index in [1.807, 2.05) is 13.0 Å². The lowest BCUT2D eigenvalue weighted by Gasteiger charge is -2.21. The number of hydrogen-bond acceptors (Lipinski definition) is 4. The maximum absolute atomic E-state index is 15.1. The molecule has 4 aromatic rings. The number of aromatic carboxylic acids is 1. The average Bonchev–Trinajstić information content (AvgIpc) is 2.85. The lowest BCUT2D eigenvalue weighted by atomic mass is 9.83. The van der Waals surface area contributed by atoms with Crippen molar-refractivity contribution in [2.45, 2.75) is 19.3 Å². The van der Waals surface area contributed by atoms with Crippen molar-refractivity contribution in [1.82, 2.24) is 4.98 Å². The van der Waals surface area contributed by atoms with Crippen molar-refractivity contribution < 1.29 is 23.9 Å². The van der Waals surface area contributed by atoms with Gasteiger partial charge in [0.2, 0.25) is 0 Å². The summed E-state index contributed by atoms with van der Waals surface area (Å²) in [6.45, 7) is 1.85. The number of halogens is 3. The molecule has 0 bridgehead atoms. The molecule has 0 aliphatic rings. The maximum atomic E-state index is 15.1. The molecule has 2 N–H and O–H groups in total. The van der Waals surface area contributed by atoms with Gasteiger partial charge in [0.25, 0.3) is 0 Å². The number of carboxylic acid groups (broad SMARTS) is 1. The first-order valence-electron chi connectivity index (χ1n) is 11.0. The van der Waals surface area contributed by atoms with E-state index in [-0.39, 0.29) is 17.0 Å². The van der Waals surface area contributed by atoms with Gasteiger partial charge in [-0.2, -0.15) is 0 Å². The molecule has 0 amide bonds. The highest BCUT2D eigenvalue weighted by Gasteiger charge is 2.25. The number of nitrogens with zero attached hydrogens (tertiary/aromatic N) is 2. The summed E-state index contributed by atoms with van der Waals surface area (Å²) >= 11 is 5.97. The lowest BCUT2D eigenvalue weighted by molar-refractivity contribution is 0.0692. The quantitative estimate of drug-likeness (QED) is 0.162. The molecule has 8 heteroatoms. The number of carbonyl (C=O) groups is 1. The van der Waals surface area contributed by atoms with E-state index in [0.29, 0.717) is 22.4 Å². The van der Waals surface area contributed by atoms with E-state index in [2.05, 4.69) is 10.1 Å². The number of hydrogen-bond donors (Lipinski definition) is 2. The van der Waals surface area contributed by atoms with Gasteiger partial charge in [-0.05, 0) is 65.6 Å². The zero-order chi connectivity index (χ0) is 25.8. The van der Waals surface area contributed by atoms with Crippen LogP contribution in [0.2, 0.25) is 5.02 Å². The molecule has 0 saturated carbocycles. The van der Waals surface area contributed by atoms with Crippen LogP contribution in [-0.2, 0) is 6.42 Å². The highest BCUT2D eigenvalue weighted by atomic mass is 35.5. The van der Waals surface area contributed by atoms with Crippen molar-refractivity contribution in [3.05, 3.63) is 124 Å². The minimum Gasteiger partial charge on any atom is -0.478 e. The van der Waals surface area contributed by atoms with Crippen LogP contribution in [0.3, 0.4) is 0 Å². The average molecular weight is 507 g/mol. The minimum absolute atomic E-state index is 0.240. The van der Waals surface area contributed by atoms with E-state index in [9.17, 15) is 14.4 Å². The third kappa shape index (κ3) is 5.42. The molecule has 0 aliphatic carbocycles. The fraction of sp³-hybridized carbons (Fsp3) is 0.107. The second-order valence-electron chi connectivity index (χ2n) is 8.29. The third-order valence-electron chi connectivity index (χ3n) is 5.86. The largest absolute Gasteiger partial charge is 0.478 e. The van der Waals surface area contributed by atoms with Crippen LogP contribution >= 0.6 is 11.6 Å². The Kier molecular flexibility index (Phi) is 7.41. The molecule has 1 atom stereocenters. The molecule has 0 aliphatic heterocycles. The highest BCUT2D eigenvalue weighted by molar-refractivity contribution is 6.30. The fourth-order valence-corrected chi connectivity index (χ4v) is 4.30. The van der Waals surface area contributed by atoms with Crippen molar-refractivity contribution in [2.24, 2.45) is 5.16 Å². The monoisotopic (exact) mass is 506 g/mol. The maximum Gasteiger partial charge on any atom is 0.338 e. The van der Waals surface area contributed by atoms with Gasteiger partial charge in [0.05, 0.1) is 17.2 Å². The topological polar surface area (TPSA) is 82.8 Å². The van der Waals surface area contributed by atoms with E-state index in [0.717, 1.165) is 17.3 Å². The Morgan fingerprint density at radius 1 is 0.972 bits per heavy atom. The molecule has 3 aromatic carbocycles. The molecule has 0 fully saturated rings. The van der Waals surface area contributed by atoms with E-state index >= 15 is 4.39 Å². The highest BCUT2D eigenvalue weighted by Crippen LogP contribution is 2.33. The van der Waals surface area contributed by atoms with Crippen LogP contribution in [0.1, 0.15) is 38.7 Å². The standard InChI is InChI=1S/C28H21ClF2N2O3/c1-16-12-17(10-11-32-16)13-26(33-36)27(22-9-7-21(29)15-25(22)31)19-4-2-18(3-5-19)20-6-8-23(28(34)35)24(30)14-20/h2-12,14-15,27,36H,13H2,1H3,(H,34,35)/b33-26+. The first-order chi connectivity index (χ1) is 17.3. The molecule has 1 heterocycles. The summed E-state index contributed by atoms with van der Waals surface area (Å²) in [5.74, 6) is -3.47. The number of aryl methyl sites for hydroxylation is 1. The molecule has 0 saturated heterocycles. The van der Waals surface area contributed by atoms with Crippen molar-refractivity contribution in [1.29, 1.82) is 0 Å². The summed E-state index contributed by atoms with van der Waals surface area (Å²) in [7, 11) is 0. The molecule has 1 aromatic heterocycles.